The first-order valence-electron chi connectivity index (χ1n) is 8.45. The van der Waals surface area contributed by atoms with Crippen molar-refractivity contribution in [3.63, 3.8) is 0 Å². The van der Waals surface area contributed by atoms with Gasteiger partial charge in [0.05, 0.1) is 0 Å². The highest BCUT2D eigenvalue weighted by molar-refractivity contribution is 5.25. The van der Waals surface area contributed by atoms with E-state index < -0.39 is 0 Å². The van der Waals surface area contributed by atoms with Gasteiger partial charge in [0.2, 0.25) is 5.88 Å². The van der Waals surface area contributed by atoms with E-state index in [1.54, 1.807) is 0 Å². The minimum absolute atomic E-state index is 0.357. The van der Waals surface area contributed by atoms with E-state index in [0.717, 1.165) is 24.0 Å². The third kappa shape index (κ3) is 4.99. The average molecular weight is 290 g/mol. The largest absolute Gasteiger partial charge is 0.474 e. The van der Waals surface area contributed by atoms with Crippen LogP contribution in [0, 0.1) is 12.8 Å². The van der Waals surface area contributed by atoms with Crippen LogP contribution in [0.1, 0.15) is 64.1 Å². The number of hydrogen-bond donors (Lipinski definition) is 1. The number of ether oxygens (including phenoxy) is 1. The van der Waals surface area contributed by atoms with Gasteiger partial charge in [0, 0.05) is 24.3 Å². The standard InChI is InChI=1S/C18H30N2O/c1-5-15-7-6-8-17(11-15)21-18-10-9-16(14(4)20-18)12-19-13(2)3/h9-10,13,15,17,19H,5-8,11-12H2,1-4H3. The Morgan fingerprint density at radius 3 is 2.81 bits per heavy atom. The molecule has 0 aliphatic heterocycles. The molecule has 2 atom stereocenters. The van der Waals surface area contributed by atoms with E-state index in [9.17, 15) is 0 Å². The Hall–Kier alpha value is -1.09. The van der Waals surface area contributed by atoms with Crippen molar-refractivity contribution >= 4 is 0 Å². The summed E-state index contributed by atoms with van der Waals surface area (Å²) in [5.41, 5.74) is 2.33. The molecular formula is C18H30N2O. The summed E-state index contributed by atoms with van der Waals surface area (Å²) in [6.07, 6.45) is 6.64. The summed E-state index contributed by atoms with van der Waals surface area (Å²) in [5, 5.41) is 3.44. The fourth-order valence-electron chi connectivity index (χ4n) is 3.02. The van der Waals surface area contributed by atoms with E-state index in [4.69, 9.17) is 4.74 Å². The van der Waals surface area contributed by atoms with Gasteiger partial charge in [-0.25, -0.2) is 4.98 Å². The lowest BCUT2D eigenvalue weighted by Gasteiger charge is -2.28. The highest BCUT2D eigenvalue weighted by atomic mass is 16.5. The van der Waals surface area contributed by atoms with E-state index >= 15 is 0 Å². The van der Waals surface area contributed by atoms with Crippen LogP contribution < -0.4 is 10.1 Å². The summed E-state index contributed by atoms with van der Waals surface area (Å²) in [5.74, 6) is 1.63. The maximum absolute atomic E-state index is 6.12. The molecule has 0 radical (unpaired) electrons. The minimum atomic E-state index is 0.357. The first kappa shape index (κ1) is 16.3. The van der Waals surface area contributed by atoms with E-state index in [2.05, 4.69) is 44.1 Å². The van der Waals surface area contributed by atoms with Crippen LogP contribution in [0.4, 0.5) is 0 Å². The monoisotopic (exact) mass is 290 g/mol. The van der Waals surface area contributed by atoms with Crippen molar-refractivity contribution in [2.24, 2.45) is 5.92 Å². The van der Waals surface area contributed by atoms with Gasteiger partial charge in [0.1, 0.15) is 6.10 Å². The van der Waals surface area contributed by atoms with Crippen LogP contribution >= 0.6 is 0 Å². The Morgan fingerprint density at radius 2 is 2.14 bits per heavy atom. The topological polar surface area (TPSA) is 34.1 Å². The fraction of sp³-hybridized carbons (Fsp3) is 0.722. The molecule has 1 aromatic heterocycles. The molecule has 0 aromatic carbocycles. The molecule has 1 aliphatic carbocycles. The third-order valence-corrected chi connectivity index (χ3v) is 4.47. The second kappa shape index (κ2) is 7.79. The molecule has 0 spiro atoms. The van der Waals surface area contributed by atoms with Crippen LogP contribution in [0.15, 0.2) is 12.1 Å². The molecule has 1 N–H and O–H groups in total. The molecule has 2 unspecified atom stereocenters. The molecule has 1 fully saturated rings. The second-order valence-electron chi connectivity index (χ2n) is 6.61. The average Bonchev–Trinajstić information content (AvgIpc) is 2.46. The molecule has 3 heteroatoms. The molecule has 21 heavy (non-hydrogen) atoms. The lowest BCUT2D eigenvalue weighted by atomic mass is 9.85. The van der Waals surface area contributed by atoms with Crippen LogP contribution in [0.25, 0.3) is 0 Å². The summed E-state index contributed by atoms with van der Waals surface area (Å²) in [6.45, 7) is 9.55. The molecule has 0 amide bonds. The van der Waals surface area contributed by atoms with E-state index in [1.807, 2.05) is 6.07 Å². The van der Waals surface area contributed by atoms with Crippen molar-refractivity contribution in [1.29, 1.82) is 0 Å². The van der Waals surface area contributed by atoms with Crippen molar-refractivity contribution in [3.8, 4) is 5.88 Å². The van der Waals surface area contributed by atoms with E-state index in [0.29, 0.717) is 12.1 Å². The first-order chi connectivity index (χ1) is 10.1. The highest BCUT2D eigenvalue weighted by Crippen LogP contribution is 2.29. The Balaban J connectivity index is 1.93. The van der Waals surface area contributed by atoms with Gasteiger partial charge >= 0.3 is 0 Å². The van der Waals surface area contributed by atoms with Gasteiger partial charge in [-0.3, -0.25) is 0 Å². The predicted octanol–water partition coefficient (Wildman–Crippen LogP) is 4.24. The maximum atomic E-state index is 6.12. The smallest absolute Gasteiger partial charge is 0.213 e. The number of nitrogens with zero attached hydrogens (tertiary/aromatic N) is 1. The van der Waals surface area contributed by atoms with Gasteiger partial charge in [-0.05, 0) is 37.7 Å². The van der Waals surface area contributed by atoms with Gasteiger partial charge in [-0.2, -0.15) is 0 Å². The number of rotatable bonds is 6. The van der Waals surface area contributed by atoms with E-state index in [1.165, 1.54) is 37.7 Å². The van der Waals surface area contributed by atoms with Gasteiger partial charge < -0.3 is 10.1 Å². The lowest BCUT2D eigenvalue weighted by molar-refractivity contribution is 0.117. The Bertz CT molecular complexity index is 445. The van der Waals surface area contributed by atoms with Crippen molar-refractivity contribution in [2.45, 2.75) is 78.5 Å². The zero-order valence-corrected chi connectivity index (χ0v) is 14.0. The summed E-state index contributed by atoms with van der Waals surface area (Å²) in [7, 11) is 0. The van der Waals surface area contributed by atoms with Gasteiger partial charge in [-0.15, -0.1) is 0 Å². The van der Waals surface area contributed by atoms with Crippen molar-refractivity contribution in [1.82, 2.24) is 10.3 Å². The molecule has 0 saturated heterocycles. The van der Waals surface area contributed by atoms with Crippen LogP contribution in [-0.4, -0.2) is 17.1 Å². The third-order valence-electron chi connectivity index (χ3n) is 4.47. The van der Waals surface area contributed by atoms with Crippen molar-refractivity contribution in [3.05, 3.63) is 23.4 Å². The summed E-state index contributed by atoms with van der Waals surface area (Å²) in [4.78, 5) is 4.63. The zero-order chi connectivity index (χ0) is 15.2. The van der Waals surface area contributed by atoms with Crippen LogP contribution in [0.3, 0.4) is 0 Å². The Labute approximate surface area is 129 Å². The first-order valence-corrected chi connectivity index (χ1v) is 8.45. The predicted molar refractivity (Wildman–Crippen MR) is 87.6 cm³/mol. The maximum Gasteiger partial charge on any atom is 0.213 e. The van der Waals surface area contributed by atoms with Gasteiger partial charge in [-0.1, -0.05) is 39.7 Å². The Morgan fingerprint density at radius 1 is 1.33 bits per heavy atom. The SMILES string of the molecule is CCC1CCCC(Oc2ccc(CNC(C)C)c(C)n2)C1. The zero-order valence-electron chi connectivity index (χ0n) is 14.0. The Kier molecular flexibility index (Phi) is 6.04. The molecular weight excluding hydrogens is 260 g/mol. The second-order valence-corrected chi connectivity index (χ2v) is 6.61. The number of hydrogen-bond acceptors (Lipinski definition) is 3. The molecule has 2 rings (SSSR count). The van der Waals surface area contributed by atoms with Crippen LogP contribution in [0.5, 0.6) is 5.88 Å². The normalized spacial score (nSPS) is 22.5. The fourth-order valence-corrected chi connectivity index (χ4v) is 3.02. The molecule has 3 nitrogen and oxygen atoms in total. The molecule has 1 aromatic rings. The number of aromatic nitrogens is 1. The summed E-state index contributed by atoms with van der Waals surface area (Å²) in [6, 6.07) is 4.67. The summed E-state index contributed by atoms with van der Waals surface area (Å²) < 4.78 is 6.12. The minimum Gasteiger partial charge on any atom is -0.474 e. The van der Waals surface area contributed by atoms with Crippen molar-refractivity contribution < 1.29 is 4.74 Å². The van der Waals surface area contributed by atoms with Gasteiger partial charge in [0.25, 0.3) is 0 Å². The van der Waals surface area contributed by atoms with Crippen molar-refractivity contribution in [2.75, 3.05) is 0 Å². The highest BCUT2D eigenvalue weighted by Gasteiger charge is 2.22. The van der Waals surface area contributed by atoms with Gasteiger partial charge in [0.15, 0.2) is 0 Å². The number of pyridine rings is 1. The van der Waals surface area contributed by atoms with Crippen LogP contribution in [-0.2, 0) is 6.54 Å². The molecule has 1 heterocycles. The molecule has 118 valence electrons. The van der Waals surface area contributed by atoms with Crippen LogP contribution in [0.2, 0.25) is 0 Å². The number of aryl methyl sites for hydroxylation is 1. The lowest BCUT2D eigenvalue weighted by Crippen LogP contribution is -2.25. The quantitative estimate of drug-likeness (QED) is 0.851. The number of nitrogens with one attached hydrogen (secondary N) is 1. The molecule has 1 aliphatic rings. The summed E-state index contributed by atoms with van der Waals surface area (Å²) >= 11 is 0. The molecule has 1 saturated carbocycles. The van der Waals surface area contributed by atoms with E-state index in [-0.39, 0.29) is 0 Å². The molecule has 0 bridgehead atoms.